The Kier molecular flexibility index (Phi) is 5.42. The predicted molar refractivity (Wildman–Crippen MR) is 88.1 cm³/mol. The van der Waals surface area contributed by atoms with Crippen LogP contribution in [-0.4, -0.2) is 23.7 Å². The van der Waals surface area contributed by atoms with Gasteiger partial charge in [0.15, 0.2) is 6.61 Å². The van der Waals surface area contributed by atoms with Gasteiger partial charge in [0.1, 0.15) is 5.75 Å². The number of hydrazone groups is 1. The second kappa shape index (κ2) is 7.50. The summed E-state index contributed by atoms with van der Waals surface area (Å²) in [5, 5.41) is 14.3. The van der Waals surface area contributed by atoms with Gasteiger partial charge in [0.2, 0.25) is 0 Å². The maximum atomic E-state index is 11.7. The molecule has 0 spiro atoms. The Hall–Kier alpha value is -2.74. The van der Waals surface area contributed by atoms with E-state index in [9.17, 15) is 14.9 Å². The second-order valence-electron chi connectivity index (χ2n) is 4.71. The van der Waals surface area contributed by atoms with Crippen molar-refractivity contribution in [2.45, 2.75) is 13.8 Å². The lowest BCUT2D eigenvalue weighted by Crippen LogP contribution is -2.24. The molecule has 1 N–H and O–H groups in total. The van der Waals surface area contributed by atoms with Crippen molar-refractivity contribution in [2.75, 3.05) is 6.61 Å². The molecule has 2 aromatic rings. The molecule has 0 unspecified atom stereocenters. The SMILES string of the molecule is Cc1cccc(OCC(=O)N/N=C\c2ccc([N+](=O)[O-])s2)c1C. The molecule has 1 amide bonds. The number of aryl methyl sites for hydroxylation is 1. The van der Waals surface area contributed by atoms with Gasteiger partial charge < -0.3 is 4.74 Å². The van der Waals surface area contributed by atoms with Crippen molar-refractivity contribution < 1.29 is 14.5 Å². The molecule has 1 heterocycles. The summed E-state index contributed by atoms with van der Waals surface area (Å²) in [6.45, 7) is 3.73. The van der Waals surface area contributed by atoms with Gasteiger partial charge in [-0.1, -0.05) is 23.5 Å². The van der Waals surface area contributed by atoms with Crippen LogP contribution in [0.5, 0.6) is 5.75 Å². The number of hydrogen-bond donors (Lipinski definition) is 1. The van der Waals surface area contributed by atoms with Gasteiger partial charge in [-0.2, -0.15) is 5.10 Å². The van der Waals surface area contributed by atoms with E-state index in [2.05, 4.69) is 10.5 Å². The largest absolute Gasteiger partial charge is 0.483 e. The van der Waals surface area contributed by atoms with E-state index in [0.29, 0.717) is 10.6 Å². The maximum absolute atomic E-state index is 11.7. The average molecular weight is 333 g/mol. The number of hydrogen-bond acceptors (Lipinski definition) is 6. The standard InChI is InChI=1S/C15H15N3O4S/c1-10-4-3-5-13(11(10)2)22-9-14(19)17-16-8-12-6-7-15(23-12)18(20)21/h3-8H,9H2,1-2H3,(H,17,19)/b16-8-. The Bertz CT molecular complexity index is 755. The average Bonchev–Trinajstić information content (AvgIpc) is 2.98. The topological polar surface area (TPSA) is 93.8 Å². The summed E-state index contributed by atoms with van der Waals surface area (Å²) in [6.07, 6.45) is 1.35. The zero-order valence-electron chi connectivity index (χ0n) is 12.6. The summed E-state index contributed by atoms with van der Waals surface area (Å²) >= 11 is 0.975. The number of ether oxygens (including phenoxy) is 1. The van der Waals surface area contributed by atoms with Crippen LogP contribution in [0.1, 0.15) is 16.0 Å². The molecule has 0 aliphatic rings. The van der Waals surface area contributed by atoms with E-state index in [1.165, 1.54) is 12.3 Å². The first-order chi connectivity index (χ1) is 11.0. The number of carbonyl (C=O) groups excluding carboxylic acids is 1. The number of carbonyl (C=O) groups is 1. The first-order valence-corrected chi connectivity index (χ1v) is 7.54. The van der Waals surface area contributed by atoms with Crippen LogP contribution in [0.25, 0.3) is 0 Å². The molecule has 7 nitrogen and oxygen atoms in total. The third-order valence-electron chi connectivity index (χ3n) is 3.09. The Morgan fingerprint density at radius 1 is 1.39 bits per heavy atom. The van der Waals surface area contributed by atoms with E-state index in [-0.39, 0.29) is 11.6 Å². The summed E-state index contributed by atoms with van der Waals surface area (Å²) < 4.78 is 5.45. The first kappa shape index (κ1) is 16.6. The van der Waals surface area contributed by atoms with Crippen LogP contribution >= 0.6 is 11.3 Å². The number of rotatable bonds is 6. The molecule has 0 atom stereocenters. The van der Waals surface area contributed by atoms with Gasteiger partial charge in [-0.3, -0.25) is 14.9 Å². The molecule has 0 radical (unpaired) electrons. The number of nitrogens with zero attached hydrogens (tertiary/aromatic N) is 2. The van der Waals surface area contributed by atoms with Crippen LogP contribution in [-0.2, 0) is 4.79 Å². The minimum Gasteiger partial charge on any atom is -0.483 e. The molecule has 0 saturated carbocycles. The molecular formula is C15H15N3O4S. The molecule has 0 aliphatic carbocycles. The van der Waals surface area contributed by atoms with Crippen molar-refractivity contribution in [3.63, 3.8) is 0 Å². The molecule has 8 heteroatoms. The molecule has 1 aromatic carbocycles. The summed E-state index contributed by atoms with van der Waals surface area (Å²) in [6, 6.07) is 8.57. The number of thiophene rings is 1. The number of benzene rings is 1. The van der Waals surface area contributed by atoms with Gasteiger partial charge in [0.05, 0.1) is 16.0 Å². The lowest BCUT2D eigenvalue weighted by molar-refractivity contribution is -0.380. The highest BCUT2D eigenvalue weighted by Crippen LogP contribution is 2.22. The highest BCUT2D eigenvalue weighted by molar-refractivity contribution is 7.16. The van der Waals surface area contributed by atoms with Crippen LogP contribution in [0.3, 0.4) is 0 Å². The number of nitrogens with one attached hydrogen (secondary N) is 1. The third-order valence-corrected chi connectivity index (χ3v) is 4.06. The van der Waals surface area contributed by atoms with Crippen LogP contribution < -0.4 is 10.2 Å². The fourth-order valence-corrected chi connectivity index (χ4v) is 2.43. The molecule has 0 bridgehead atoms. The Morgan fingerprint density at radius 3 is 2.87 bits per heavy atom. The lowest BCUT2D eigenvalue weighted by atomic mass is 10.1. The van der Waals surface area contributed by atoms with Crippen LogP contribution in [0.4, 0.5) is 5.00 Å². The minimum absolute atomic E-state index is 0.0241. The number of nitro groups is 1. The maximum Gasteiger partial charge on any atom is 0.324 e. The monoisotopic (exact) mass is 333 g/mol. The molecule has 0 saturated heterocycles. The Morgan fingerprint density at radius 2 is 2.17 bits per heavy atom. The predicted octanol–water partition coefficient (Wildman–Crippen LogP) is 2.80. The molecule has 2 rings (SSSR count). The highest BCUT2D eigenvalue weighted by Gasteiger charge is 2.08. The van der Waals surface area contributed by atoms with Crippen molar-refractivity contribution in [3.8, 4) is 5.75 Å². The Balaban J connectivity index is 1.84. The second-order valence-corrected chi connectivity index (χ2v) is 5.81. The summed E-state index contributed by atoms with van der Waals surface area (Å²) in [5.74, 6) is 0.242. The molecular weight excluding hydrogens is 318 g/mol. The van der Waals surface area contributed by atoms with Crippen molar-refractivity contribution >= 4 is 28.5 Å². The summed E-state index contributed by atoms with van der Waals surface area (Å²) in [5.41, 5.74) is 4.38. The third kappa shape index (κ3) is 4.62. The van der Waals surface area contributed by atoms with Gasteiger partial charge in [0.25, 0.3) is 5.91 Å². The van der Waals surface area contributed by atoms with E-state index in [1.54, 1.807) is 12.1 Å². The quantitative estimate of drug-likeness (QED) is 0.499. The van der Waals surface area contributed by atoms with Gasteiger partial charge in [0, 0.05) is 6.07 Å². The van der Waals surface area contributed by atoms with Gasteiger partial charge >= 0.3 is 5.00 Å². The van der Waals surface area contributed by atoms with E-state index in [1.807, 2.05) is 26.0 Å². The minimum atomic E-state index is -0.474. The van der Waals surface area contributed by atoms with Crippen LogP contribution in [0.2, 0.25) is 0 Å². The van der Waals surface area contributed by atoms with E-state index >= 15 is 0 Å². The van der Waals surface area contributed by atoms with Crippen molar-refractivity contribution in [3.05, 3.63) is 56.5 Å². The molecule has 1 aromatic heterocycles. The first-order valence-electron chi connectivity index (χ1n) is 6.72. The van der Waals surface area contributed by atoms with Crippen molar-refractivity contribution in [2.24, 2.45) is 5.10 Å². The van der Waals surface area contributed by atoms with Crippen molar-refractivity contribution in [1.29, 1.82) is 0 Å². The van der Waals surface area contributed by atoms with Gasteiger partial charge in [-0.25, -0.2) is 5.43 Å². The molecule has 0 fully saturated rings. The van der Waals surface area contributed by atoms with E-state index in [4.69, 9.17) is 4.74 Å². The normalized spacial score (nSPS) is 10.7. The van der Waals surface area contributed by atoms with E-state index < -0.39 is 10.8 Å². The molecule has 120 valence electrons. The highest BCUT2D eigenvalue weighted by atomic mass is 32.1. The van der Waals surface area contributed by atoms with Crippen LogP contribution in [0.15, 0.2) is 35.4 Å². The fourth-order valence-electron chi connectivity index (χ4n) is 1.73. The lowest BCUT2D eigenvalue weighted by Gasteiger charge is -2.09. The number of amides is 1. The summed E-state index contributed by atoms with van der Waals surface area (Å²) in [4.78, 5) is 22.3. The zero-order chi connectivity index (χ0) is 16.8. The zero-order valence-corrected chi connectivity index (χ0v) is 13.4. The van der Waals surface area contributed by atoms with Crippen molar-refractivity contribution in [1.82, 2.24) is 5.43 Å². The Labute approximate surface area is 136 Å². The van der Waals surface area contributed by atoms with E-state index in [0.717, 1.165) is 22.5 Å². The van der Waals surface area contributed by atoms with Crippen LogP contribution in [0, 0.1) is 24.0 Å². The smallest absolute Gasteiger partial charge is 0.324 e. The van der Waals surface area contributed by atoms with Gasteiger partial charge in [-0.05, 0) is 37.1 Å². The fraction of sp³-hybridized carbons (Fsp3) is 0.200. The molecule has 23 heavy (non-hydrogen) atoms. The summed E-state index contributed by atoms with van der Waals surface area (Å²) in [7, 11) is 0. The molecule has 0 aliphatic heterocycles. The van der Waals surface area contributed by atoms with Gasteiger partial charge in [-0.15, -0.1) is 0 Å².